The number of carbonyl (C=O) groups is 1. The van der Waals surface area contributed by atoms with Gasteiger partial charge < -0.3 is 14.2 Å². The molecule has 0 spiro atoms. The van der Waals surface area contributed by atoms with Crippen LogP contribution in [0.4, 0.5) is 13.2 Å². The summed E-state index contributed by atoms with van der Waals surface area (Å²) in [7, 11) is 0. The Morgan fingerprint density at radius 1 is 0.791 bits per heavy atom. The Balaban J connectivity index is 1.72. The number of aryl methyl sites for hydroxylation is 1. The van der Waals surface area contributed by atoms with Gasteiger partial charge in [0.25, 0.3) is 0 Å². The zero-order valence-corrected chi connectivity index (χ0v) is 25.3. The van der Waals surface area contributed by atoms with E-state index in [0.717, 1.165) is 23.8 Å². The van der Waals surface area contributed by atoms with Gasteiger partial charge in [0, 0.05) is 0 Å². The van der Waals surface area contributed by atoms with Crippen LogP contribution in [0.25, 0.3) is 0 Å². The number of hydrogen-bond donors (Lipinski definition) is 0. The van der Waals surface area contributed by atoms with Crippen molar-refractivity contribution < 1.29 is 32.2 Å². The van der Waals surface area contributed by atoms with Gasteiger partial charge in [-0.2, -0.15) is 18.4 Å². The van der Waals surface area contributed by atoms with Crippen LogP contribution in [0.15, 0.2) is 72.8 Å². The molecule has 2 unspecified atom stereocenters. The fourth-order valence-electron chi connectivity index (χ4n) is 3.92. The van der Waals surface area contributed by atoms with E-state index in [0.29, 0.717) is 5.56 Å². The summed E-state index contributed by atoms with van der Waals surface area (Å²) in [6.45, 7) is 3.28. The topological polar surface area (TPSA) is 68.5 Å². The minimum atomic E-state index is -4.62. The highest BCUT2D eigenvalue weighted by Gasteiger charge is 2.32. The summed E-state index contributed by atoms with van der Waals surface area (Å²) in [5.41, 5.74) is 0.224. The van der Waals surface area contributed by atoms with E-state index in [9.17, 15) is 23.2 Å². The van der Waals surface area contributed by atoms with Crippen LogP contribution < -0.4 is 14.2 Å². The lowest BCUT2D eigenvalue weighted by molar-refractivity contribution is -0.137. The summed E-state index contributed by atoms with van der Waals surface area (Å²) in [6, 6.07) is 18.5. The first kappa shape index (κ1) is 32.3. The van der Waals surface area contributed by atoms with Gasteiger partial charge in [-0.15, -0.1) is 0 Å². The third-order valence-electron chi connectivity index (χ3n) is 6.12. The van der Waals surface area contributed by atoms with Crippen LogP contribution in [-0.2, 0) is 11.0 Å². The Hall–Kier alpha value is -3.61. The summed E-state index contributed by atoms with van der Waals surface area (Å²) in [5.74, 6) is -1.82. The Kier molecular flexibility index (Phi) is 10.0. The molecule has 222 valence electrons. The molecule has 12 heteroatoms. The van der Waals surface area contributed by atoms with Gasteiger partial charge in [0.05, 0.1) is 31.7 Å². The van der Waals surface area contributed by atoms with Crippen LogP contribution >= 0.6 is 46.4 Å². The number of ketones is 1. The number of benzene rings is 4. The molecule has 0 aliphatic rings. The molecule has 0 heterocycles. The molecular weight excluding hydrogens is 649 g/mol. The number of nitrogens with zero attached hydrogens (tertiary/aromatic N) is 1. The fraction of sp³-hybridized carbons (Fsp3) is 0.161. The van der Waals surface area contributed by atoms with E-state index in [4.69, 9.17) is 60.6 Å². The zero-order chi connectivity index (χ0) is 31.5. The van der Waals surface area contributed by atoms with E-state index < -0.39 is 29.5 Å². The SMILES string of the molecule is Cc1ccc(Oc2cccc(OC(C)C(=O)C(C#N)c3ccc(Cl)c(Cl)c3)c2Oc2ccc(C(F)(F)F)cc2Cl)c(Cl)c1. The van der Waals surface area contributed by atoms with Gasteiger partial charge in [0.1, 0.15) is 17.4 Å². The summed E-state index contributed by atoms with van der Waals surface area (Å²) < 4.78 is 57.6. The first-order valence-electron chi connectivity index (χ1n) is 12.4. The van der Waals surface area contributed by atoms with E-state index >= 15 is 0 Å². The molecule has 0 N–H and O–H groups in total. The summed E-state index contributed by atoms with van der Waals surface area (Å²) in [4.78, 5) is 13.3. The van der Waals surface area contributed by atoms with Crippen LogP contribution in [0, 0.1) is 18.3 Å². The molecule has 0 radical (unpaired) electrons. The Morgan fingerprint density at radius 3 is 2.07 bits per heavy atom. The van der Waals surface area contributed by atoms with Gasteiger partial charge in [0.2, 0.25) is 5.75 Å². The first-order chi connectivity index (χ1) is 20.3. The van der Waals surface area contributed by atoms with Crippen LogP contribution in [0.2, 0.25) is 20.1 Å². The average molecular weight is 669 g/mol. The highest BCUT2D eigenvalue weighted by atomic mass is 35.5. The van der Waals surface area contributed by atoms with Gasteiger partial charge in [-0.05, 0) is 79.6 Å². The first-order valence-corrected chi connectivity index (χ1v) is 14.0. The second-order valence-corrected chi connectivity index (χ2v) is 10.9. The maximum Gasteiger partial charge on any atom is 0.416 e. The highest BCUT2D eigenvalue weighted by molar-refractivity contribution is 6.42. The summed E-state index contributed by atoms with van der Waals surface area (Å²) in [5, 5.41) is 10.2. The van der Waals surface area contributed by atoms with Gasteiger partial charge in [-0.3, -0.25) is 4.79 Å². The van der Waals surface area contributed by atoms with Crippen LogP contribution in [0.3, 0.4) is 0 Å². The standard InChI is InChI=1S/C31H20Cl4F3NO4/c1-16-6-10-25(23(34)12-16)42-28-5-3-4-27(30(28)43-26-11-8-19(14-24(26)35)31(36,37)38)41-17(2)29(40)20(15-39)18-7-9-21(32)22(33)13-18/h3-14,17,20H,1-2H3. The molecule has 0 aliphatic heterocycles. The molecule has 2 atom stereocenters. The molecule has 0 aliphatic carbocycles. The lowest BCUT2D eigenvalue weighted by atomic mass is 9.93. The van der Waals surface area contributed by atoms with Crippen molar-refractivity contribution in [3.05, 3.63) is 110 Å². The molecule has 4 aromatic rings. The van der Waals surface area contributed by atoms with Crippen LogP contribution in [-0.4, -0.2) is 11.9 Å². The Bertz CT molecular complexity index is 1720. The monoisotopic (exact) mass is 667 g/mol. The third kappa shape index (κ3) is 7.67. The van der Waals surface area contributed by atoms with Crippen molar-refractivity contribution in [3.63, 3.8) is 0 Å². The van der Waals surface area contributed by atoms with Gasteiger partial charge in [-0.25, -0.2) is 0 Å². The highest BCUT2D eigenvalue weighted by Crippen LogP contribution is 2.46. The van der Waals surface area contributed by atoms with Gasteiger partial charge >= 0.3 is 6.18 Å². The molecule has 0 bridgehead atoms. The van der Waals surface area contributed by atoms with Crippen LogP contribution in [0.5, 0.6) is 28.7 Å². The molecular formula is C31H20Cl4F3NO4. The third-order valence-corrected chi connectivity index (χ3v) is 7.45. The molecule has 43 heavy (non-hydrogen) atoms. The number of ether oxygens (including phenoxy) is 3. The van der Waals surface area contributed by atoms with E-state index in [1.165, 1.54) is 37.3 Å². The number of carbonyl (C=O) groups excluding carboxylic acids is 1. The molecule has 0 saturated heterocycles. The van der Waals surface area contributed by atoms with Crippen molar-refractivity contribution in [2.75, 3.05) is 0 Å². The van der Waals surface area contributed by atoms with Gasteiger partial charge in [-0.1, -0.05) is 64.6 Å². The van der Waals surface area contributed by atoms with E-state index in [-0.39, 0.29) is 48.8 Å². The Labute approximate surface area is 265 Å². The molecule has 0 saturated carbocycles. The lowest BCUT2D eigenvalue weighted by Gasteiger charge is -2.21. The number of halogens is 7. The van der Waals surface area contributed by atoms with Crippen molar-refractivity contribution >= 4 is 52.2 Å². The van der Waals surface area contributed by atoms with Crippen molar-refractivity contribution in [2.45, 2.75) is 32.0 Å². The predicted molar refractivity (Wildman–Crippen MR) is 159 cm³/mol. The van der Waals surface area contributed by atoms with Crippen molar-refractivity contribution in [1.82, 2.24) is 0 Å². The smallest absolute Gasteiger partial charge is 0.416 e. The summed E-state index contributed by atoms with van der Waals surface area (Å²) >= 11 is 24.6. The van der Waals surface area contributed by atoms with E-state index in [2.05, 4.69) is 0 Å². The maximum atomic E-state index is 13.3. The number of rotatable bonds is 9. The predicted octanol–water partition coefficient (Wildman–Crippen LogP) is 10.9. The second kappa shape index (κ2) is 13.4. The maximum absolute atomic E-state index is 13.3. The van der Waals surface area contributed by atoms with E-state index in [1.54, 1.807) is 24.3 Å². The zero-order valence-electron chi connectivity index (χ0n) is 22.3. The molecule has 4 rings (SSSR count). The average Bonchev–Trinajstić information content (AvgIpc) is 2.94. The number of nitriles is 1. The molecule has 0 fully saturated rings. The lowest BCUT2D eigenvalue weighted by Crippen LogP contribution is -2.29. The van der Waals surface area contributed by atoms with E-state index in [1.807, 2.05) is 13.0 Å². The second-order valence-electron chi connectivity index (χ2n) is 9.26. The van der Waals surface area contributed by atoms with Crippen molar-refractivity contribution in [1.29, 1.82) is 5.26 Å². The largest absolute Gasteiger partial charge is 0.479 e. The number of alkyl halides is 3. The number of hydrogen-bond acceptors (Lipinski definition) is 5. The Morgan fingerprint density at radius 2 is 1.44 bits per heavy atom. The molecule has 5 nitrogen and oxygen atoms in total. The van der Waals surface area contributed by atoms with Crippen LogP contribution in [0.1, 0.15) is 29.5 Å². The van der Waals surface area contributed by atoms with Crippen molar-refractivity contribution in [2.24, 2.45) is 0 Å². The minimum Gasteiger partial charge on any atom is -0.479 e. The molecule has 4 aromatic carbocycles. The van der Waals surface area contributed by atoms with Crippen molar-refractivity contribution in [3.8, 4) is 34.8 Å². The fourth-order valence-corrected chi connectivity index (χ4v) is 4.72. The summed E-state index contributed by atoms with van der Waals surface area (Å²) in [6.07, 6.45) is -5.83. The minimum absolute atomic E-state index is 0.0247. The number of Topliss-reactive ketones (excluding diaryl/α,β-unsaturated/α-hetero) is 1. The number of para-hydroxylation sites is 1. The quantitative estimate of drug-likeness (QED) is 0.177. The molecule has 0 amide bonds. The normalized spacial score (nSPS) is 12.7. The van der Waals surface area contributed by atoms with Gasteiger partial charge in [0.15, 0.2) is 23.4 Å². The molecule has 0 aromatic heterocycles.